The highest BCUT2D eigenvalue weighted by molar-refractivity contribution is 4.87. The largest absolute Gasteiger partial charge is 0.256 e. The average molecular weight is 81.1 g/mol. The van der Waals surface area contributed by atoms with Crippen LogP contribution in [0.4, 0.5) is 0 Å². The van der Waals surface area contributed by atoms with Crippen molar-refractivity contribution < 1.29 is 0 Å². The highest BCUT2D eigenvalue weighted by Crippen LogP contribution is 1.79. The predicted molar refractivity (Wildman–Crippen MR) is 22.9 cm³/mol. The molecule has 0 saturated carbocycles. The van der Waals surface area contributed by atoms with Crippen LogP contribution < -0.4 is 5.84 Å². The van der Waals surface area contributed by atoms with E-state index in [4.69, 9.17) is 5.84 Å². The highest BCUT2D eigenvalue weighted by Gasteiger charge is 1.69. The molecular formula is C4H5N2. The molecule has 2 heteroatoms. The molecule has 0 bridgehead atoms. The molecular weight excluding hydrogens is 76.1 g/mol. The summed E-state index contributed by atoms with van der Waals surface area (Å²) in [6, 6.07) is 3.62. The fourth-order valence-corrected chi connectivity index (χ4v) is 0.335. The Kier molecular flexibility index (Phi) is 0.572. The van der Waals surface area contributed by atoms with E-state index in [9.17, 15) is 0 Å². The van der Waals surface area contributed by atoms with Gasteiger partial charge in [-0.1, -0.05) is 0 Å². The van der Waals surface area contributed by atoms with Gasteiger partial charge in [0.05, 0.1) is 0 Å². The van der Waals surface area contributed by atoms with E-state index >= 15 is 0 Å². The molecule has 1 aromatic heterocycles. The van der Waals surface area contributed by atoms with Crippen molar-refractivity contribution in [2.45, 2.75) is 0 Å². The van der Waals surface area contributed by atoms with Gasteiger partial charge >= 0.3 is 0 Å². The lowest BCUT2D eigenvalue weighted by molar-refractivity contribution is 0.847. The summed E-state index contributed by atoms with van der Waals surface area (Å²) < 4.78 is 1.25. The van der Waals surface area contributed by atoms with Crippen LogP contribution in [-0.4, -0.2) is 4.68 Å². The Hall–Kier alpha value is -0.920. The third-order valence-electron chi connectivity index (χ3n) is 0.604. The van der Waals surface area contributed by atoms with Crippen molar-refractivity contribution in [2.24, 2.45) is 0 Å². The summed E-state index contributed by atoms with van der Waals surface area (Å²) in [6.07, 6.45) is 3.33. The molecule has 0 amide bonds. The quantitative estimate of drug-likeness (QED) is 0.436. The number of hydrogen-bond donors (Lipinski definition) is 0. The van der Waals surface area contributed by atoms with Crippen LogP contribution in [0.5, 0.6) is 0 Å². The highest BCUT2D eigenvalue weighted by atomic mass is 15.3. The molecule has 1 aromatic rings. The minimum Gasteiger partial charge on any atom is -0.256 e. The molecule has 0 aliphatic heterocycles. The first-order valence-electron chi connectivity index (χ1n) is 1.74. The van der Waals surface area contributed by atoms with Crippen LogP contribution in [0.25, 0.3) is 0 Å². The average Bonchev–Trinajstić information content (AvgIpc) is 1.86. The maximum absolute atomic E-state index is 6.79. The number of nitrogens with one attached hydrogen (secondary N) is 1. The summed E-state index contributed by atoms with van der Waals surface area (Å²) >= 11 is 0. The summed E-state index contributed by atoms with van der Waals surface area (Å²) in [4.78, 5) is 0. The van der Waals surface area contributed by atoms with Gasteiger partial charge in [0.25, 0.3) is 0 Å². The van der Waals surface area contributed by atoms with Crippen LogP contribution in [0.2, 0.25) is 0 Å². The van der Waals surface area contributed by atoms with E-state index in [0.717, 1.165) is 0 Å². The maximum atomic E-state index is 6.79. The van der Waals surface area contributed by atoms with Gasteiger partial charge in [0, 0.05) is 12.4 Å². The Morgan fingerprint density at radius 1 is 1.17 bits per heavy atom. The first-order chi connectivity index (χ1) is 2.89. The summed E-state index contributed by atoms with van der Waals surface area (Å²) in [7, 11) is 0. The standard InChI is InChI=1S/C4H5N2/c5-6-3-1-2-4-6/h1-5H. The van der Waals surface area contributed by atoms with Gasteiger partial charge in [-0.05, 0) is 12.1 Å². The molecule has 1 N–H and O–H groups in total. The second-order valence-corrected chi connectivity index (χ2v) is 1.09. The smallest absolute Gasteiger partial charge is 0.0278 e. The predicted octanol–water partition coefficient (Wildman–Crippen LogP) is 0.534. The maximum Gasteiger partial charge on any atom is 0.0278 e. The van der Waals surface area contributed by atoms with Crippen LogP contribution in [-0.2, 0) is 0 Å². The van der Waals surface area contributed by atoms with Crippen molar-refractivity contribution >= 4 is 0 Å². The normalized spacial score (nSPS) is 8.67. The number of aromatic nitrogens is 1. The summed E-state index contributed by atoms with van der Waals surface area (Å²) in [5, 5.41) is 0. The van der Waals surface area contributed by atoms with E-state index in [2.05, 4.69) is 0 Å². The zero-order chi connectivity index (χ0) is 4.41. The van der Waals surface area contributed by atoms with E-state index < -0.39 is 0 Å². The Balaban J connectivity index is 3.05. The number of rotatable bonds is 0. The summed E-state index contributed by atoms with van der Waals surface area (Å²) in [5.74, 6) is 6.79. The molecule has 0 aliphatic rings. The van der Waals surface area contributed by atoms with Crippen molar-refractivity contribution in [3.05, 3.63) is 24.5 Å². The Bertz CT molecular complexity index is 109. The van der Waals surface area contributed by atoms with Gasteiger partial charge in [-0.3, -0.25) is 4.68 Å². The van der Waals surface area contributed by atoms with Crippen LogP contribution in [0.1, 0.15) is 0 Å². The lowest BCUT2D eigenvalue weighted by Crippen LogP contribution is -1.83. The molecule has 0 atom stereocenters. The molecule has 0 aliphatic carbocycles. The van der Waals surface area contributed by atoms with Gasteiger partial charge < -0.3 is 0 Å². The fraction of sp³-hybridized carbons (Fsp3) is 0. The topological polar surface area (TPSA) is 28.7 Å². The van der Waals surface area contributed by atoms with Crippen LogP contribution in [0.15, 0.2) is 24.5 Å². The lowest BCUT2D eigenvalue weighted by Gasteiger charge is -1.77. The first-order valence-corrected chi connectivity index (χ1v) is 1.74. The summed E-state index contributed by atoms with van der Waals surface area (Å²) in [6.45, 7) is 0. The minimum atomic E-state index is 1.25. The molecule has 1 rings (SSSR count). The lowest BCUT2D eigenvalue weighted by atomic mass is 10.7. The molecule has 0 aromatic carbocycles. The van der Waals surface area contributed by atoms with Gasteiger partial charge in [-0.2, -0.15) is 0 Å². The summed E-state index contributed by atoms with van der Waals surface area (Å²) in [5.41, 5.74) is 0. The SMILES string of the molecule is [NH]n1cccc1. The Morgan fingerprint density at radius 2 is 1.67 bits per heavy atom. The number of nitrogens with zero attached hydrogens (tertiary/aromatic N) is 1. The Morgan fingerprint density at radius 3 is 1.83 bits per heavy atom. The molecule has 0 saturated heterocycles. The van der Waals surface area contributed by atoms with Crippen molar-refractivity contribution in [3.63, 3.8) is 0 Å². The molecule has 0 unspecified atom stereocenters. The van der Waals surface area contributed by atoms with Gasteiger partial charge in [-0.25, -0.2) is 5.84 Å². The minimum absolute atomic E-state index is 1.25. The van der Waals surface area contributed by atoms with Crippen LogP contribution in [0, 0.1) is 0 Å². The van der Waals surface area contributed by atoms with E-state index in [1.165, 1.54) is 4.68 Å². The van der Waals surface area contributed by atoms with Crippen molar-refractivity contribution in [3.8, 4) is 0 Å². The van der Waals surface area contributed by atoms with Gasteiger partial charge in [0.15, 0.2) is 0 Å². The molecule has 31 valence electrons. The van der Waals surface area contributed by atoms with Crippen molar-refractivity contribution in [1.29, 1.82) is 0 Å². The van der Waals surface area contributed by atoms with E-state index in [0.29, 0.717) is 0 Å². The van der Waals surface area contributed by atoms with Crippen LogP contribution >= 0.6 is 0 Å². The molecule has 2 nitrogen and oxygen atoms in total. The zero-order valence-corrected chi connectivity index (χ0v) is 3.26. The fourth-order valence-electron chi connectivity index (χ4n) is 0.335. The van der Waals surface area contributed by atoms with E-state index in [1.54, 1.807) is 12.4 Å². The van der Waals surface area contributed by atoms with Gasteiger partial charge in [-0.15, -0.1) is 0 Å². The van der Waals surface area contributed by atoms with Gasteiger partial charge in [0.1, 0.15) is 0 Å². The zero-order valence-electron chi connectivity index (χ0n) is 3.26. The molecule has 0 spiro atoms. The molecule has 1 radical (unpaired) electrons. The number of hydrogen-bond acceptors (Lipinski definition) is 0. The monoisotopic (exact) mass is 81.0 g/mol. The Labute approximate surface area is 36.2 Å². The van der Waals surface area contributed by atoms with E-state index in [1.807, 2.05) is 12.1 Å². The first kappa shape index (κ1) is 3.28. The second-order valence-electron chi connectivity index (χ2n) is 1.09. The third kappa shape index (κ3) is 0.360. The molecule has 6 heavy (non-hydrogen) atoms. The van der Waals surface area contributed by atoms with Crippen molar-refractivity contribution in [1.82, 2.24) is 10.5 Å². The van der Waals surface area contributed by atoms with Crippen LogP contribution in [0.3, 0.4) is 0 Å². The molecule has 0 fully saturated rings. The van der Waals surface area contributed by atoms with Gasteiger partial charge in [0.2, 0.25) is 0 Å². The van der Waals surface area contributed by atoms with Crippen molar-refractivity contribution in [2.75, 3.05) is 0 Å². The second kappa shape index (κ2) is 1.05. The van der Waals surface area contributed by atoms with E-state index in [-0.39, 0.29) is 0 Å². The molecule has 1 heterocycles. The third-order valence-corrected chi connectivity index (χ3v) is 0.604.